The summed E-state index contributed by atoms with van der Waals surface area (Å²) in [5.41, 5.74) is 3.09. The normalized spacial score (nSPS) is 15.1. The predicted molar refractivity (Wildman–Crippen MR) is 98.7 cm³/mol. The van der Waals surface area contributed by atoms with Gasteiger partial charge in [0.05, 0.1) is 5.39 Å². The number of hydrogen-bond donors (Lipinski definition) is 0. The van der Waals surface area contributed by atoms with Crippen LogP contribution in [-0.2, 0) is 13.0 Å². The third kappa shape index (κ3) is 2.42. The molecule has 4 aromatic heterocycles. The Morgan fingerprint density at radius 1 is 1.24 bits per heavy atom. The standard InChI is InChI=1S/C18H18N6S/c1-2-8-23-9-6-12-14(10-23)25-18-15(12)17-21-16(22-24(17)11-20-18)13-5-3-4-7-19-13/h3-5,7,11H,2,6,8-10H2,1H3. The molecule has 0 N–H and O–H groups in total. The number of nitrogens with zero attached hydrogens (tertiary/aromatic N) is 6. The molecular formula is C18H18N6S. The van der Waals surface area contributed by atoms with Crippen LogP contribution in [0.15, 0.2) is 30.7 Å². The van der Waals surface area contributed by atoms with E-state index in [2.05, 4.69) is 26.9 Å². The van der Waals surface area contributed by atoms with Gasteiger partial charge < -0.3 is 0 Å². The fourth-order valence-corrected chi connectivity index (χ4v) is 4.78. The van der Waals surface area contributed by atoms with Crippen LogP contribution in [0.3, 0.4) is 0 Å². The number of thiophene rings is 1. The Bertz CT molecular complexity index is 1050. The smallest absolute Gasteiger partial charge is 0.200 e. The van der Waals surface area contributed by atoms with Crippen molar-refractivity contribution in [2.45, 2.75) is 26.3 Å². The van der Waals surface area contributed by atoms with Crippen LogP contribution >= 0.6 is 11.3 Å². The zero-order valence-corrected chi connectivity index (χ0v) is 14.8. The van der Waals surface area contributed by atoms with Crippen molar-refractivity contribution in [1.82, 2.24) is 29.5 Å². The highest BCUT2D eigenvalue weighted by molar-refractivity contribution is 7.19. The molecule has 4 aromatic rings. The molecular weight excluding hydrogens is 332 g/mol. The van der Waals surface area contributed by atoms with E-state index in [-0.39, 0.29) is 0 Å². The highest BCUT2D eigenvalue weighted by Gasteiger charge is 2.24. The van der Waals surface area contributed by atoms with Gasteiger partial charge in [-0.1, -0.05) is 13.0 Å². The molecule has 1 aliphatic heterocycles. The number of rotatable bonds is 3. The Hall–Kier alpha value is -2.38. The van der Waals surface area contributed by atoms with Crippen molar-refractivity contribution in [3.8, 4) is 11.5 Å². The fourth-order valence-electron chi connectivity index (χ4n) is 3.56. The van der Waals surface area contributed by atoms with Crippen LogP contribution in [0.1, 0.15) is 23.8 Å². The second-order valence-corrected chi connectivity index (χ2v) is 7.46. The third-order valence-corrected chi connectivity index (χ3v) is 5.82. The molecule has 0 fully saturated rings. The Morgan fingerprint density at radius 3 is 3.04 bits per heavy atom. The molecule has 0 amide bonds. The first kappa shape index (κ1) is 14.9. The average Bonchev–Trinajstić information content (AvgIpc) is 3.23. The molecule has 0 bridgehead atoms. The summed E-state index contributed by atoms with van der Waals surface area (Å²) in [6.45, 7) is 5.53. The molecule has 0 unspecified atom stereocenters. The fraction of sp³-hybridized carbons (Fsp3) is 0.333. The van der Waals surface area contributed by atoms with Crippen LogP contribution < -0.4 is 0 Å². The van der Waals surface area contributed by atoms with Crippen LogP contribution in [0.25, 0.3) is 27.4 Å². The van der Waals surface area contributed by atoms with Gasteiger partial charge in [0, 0.05) is 24.2 Å². The van der Waals surface area contributed by atoms with Gasteiger partial charge in [0.1, 0.15) is 16.9 Å². The molecule has 126 valence electrons. The SMILES string of the molecule is CCCN1CCc2c(sc3ncn4nc(-c5ccccn5)nc4c23)C1. The maximum Gasteiger partial charge on any atom is 0.200 e. The van der Waals surface area contributed by atoms with E-state index in [0.29, 0.717) is 5.82 Å². The van der Waals surface area contributed by atoms with Crippen molar-refractivity contribution in [2.75, 3.05) is 13.1 Å². The highest BCUT2D eigenvalue weighted by Crippen LogP contribution is 2.36. The zero-order chi connectivity index (χ0) is 16.8. The van der Waals surface area contributed by atoms with Gasteiger partial charge in [0.25, 0.3) is 0 Å². The lowest BCUT2D eigenvalue weighted by atomic mass is 10.1. The monoisotopic (exact) mass is 350 g/mol. The van der Waals surface area contributed by atoms with Crippen molar-refractivity contribution in [3.63, 3.8) is 0 Å². The largest absolute Gasteiger partial charge is 0.298 e. The molecule has 6 nitrogen and oxygen atoms in total. The van der Waals surface area contributed by atoms with E-state index in [1.165, 1.54) is 22.2 Å². The van der Waals surface area contributed by atoms with E-state index in [1.54, 1.807) is 28.4 Å². The van der Waals surface area contributed by atoms with E-state index in [9.17, 15) is 0 Å². The lowest BCUT2D eigenvalue weighted by Gasteiger charge is -2.26. The van der Waals surface area contributed by atoms with Gasteiger partial charge in [-0.2, -0.15) is 0 Å². The molecule has 5 rings (SSSR count). The van der Waals surface area contributed by atoms with Crippen LogP contribution in [0.5, 0.6) is 0 Å². The molecule has 0 aromatic carbocycles. The maximum atomic E-state index is 4.79. The Kier molecular flexibility index (Phi) is 3.50. The molecule has 0 saturated carbocycles. The van der Waals surface area contributed by atoms with Gasteiger partial charge in [-0.3, -0.25) is 9.88 Å². The van der Waals surface area contributed by atoms with Gasteiger partial charge in [-0.05, 0) is 37.1 Å². The lowest BCUT2D eigenvalue weighted by Crippen LogP contribution is -2.30. The predicted octanol–water partition coefficient (Wildman–Crippen LogP) is 3.17. The zero-order valence-electron chi connectivity index (χ0n) is 14.0. The van der Waals surface area contributed by atoms with Crippen LogP contribution in [0.4, 0.5) is 0 Å². The van der Waals surface area contributed by atoms with E-state index in [1.807, 2.05) is 18.2 Å². The summed E-state index contributed by atoms with van der Waals surface area (Å²) >= 11 is 1.80. The third-order valence-electron chi connectivity index (χ3n) is 4.69. The van der Waals surface area contributed by atoms with Crippen molar-refractivity contribution in [3.05, 3.63) is 41.2 Å². The number of aromatic nitrogens is 5. The van der Waals surface area contributed by atoms with E-state index >= 15 is 0 Å². The summed E-state index contributed by atoms with van der Waals surface area (Å²) < 4.78 is 1.79. The van der Waals surface area contributed by atoms with Gasteiger partial charge >= 0.3 is 0 Å². The summed E-state index contributed by atoms with van der Waals surface area (Å²) in [6, 6.07) is 5.79. The quantitative estimate of drug-likeness (QED) is 0.568. The number of fused-ring (bicyclic) bond motifs is 5. The highest BCUT2D eigenvalue weighted by atomic mass is 32.1. The number of pyridine rings is 1. The van der Waals surface area contributed by atoms with Crippen LogP contribution in [0.2, 0.25) is 0 Å². The minimum atomic E-state index is 0.651. The van der Waals surface area contributed by atoms with E-state index in [4.69, 9.17) is 4.98 Å². The summed E-state index contributed by atoms with van der Waals surface area (Å²) in [5, 5.41) is 5.76. The molecule has 25 heavy (non-hydrogen) atoms. The van der Waals surface area contributed by atoms with Crippen molar-refractivity contribution in [2.24, 2.45) is 0 Å². The summed E-state index contributed by atoms with van der Waals surface area (Å²) in [7, 11) is 0. The number of hydrogen-bond acceptors (Lipinski definition) is 6. The van der Waals surface area contributed by atoms with Crippen molar-refractivity contribution in [1.29, 1.82) is 0 Å². The lowest BCUT2D eigenvalue weighted by molar-refractivity contribution is 0.258. The molecule has 0 spiro atoms. The second kappa shape index (κ2) is 5.86. The Labute approximate surface area is 149 Å². The van der Waals surface area contributed by atoms with Gasteiger partial charge in [0.15, 0.2) is 5.65 Å². The van der Waals surface area contributed by atoms with Gasteiger partial charge in [-0.25, -0.2) is 14.5 Å². The molecule has 0 atom stereocenters. The van der Waals surface area contributed by atoms with Gasteiger partial charge in [-0.15, -0.1) is 16.4 Å². The minimum absolute atomic E-state index is 0.651. The first-order chi connectivity index (χ1) is 12.3. The van der Waals surface area contributed by atoms with E-state index < -0.39 is 0 Å². The maximum absolute atomic E-state index is 4.79. The molecule has 0 aliphatic carbocycles. The summed E-state index contributed by atoms with van der Waals surface area (Å²) in [4.78, 5) is 18.8. The Morgan fingerprint density at radius 2 is 2.20 bits per heavy atom. The second-order valence-electron chi connectivity index (χ2n) is 6.37. The van der Waals surface area contributed by atoms with Crippen LogP contribution in [-0.4, -0.2) is 42.6 Å². The molecule has 1 aliphatic rings. The summed E-state index contributed by atoms with van der Waals surface area (Å²) in [5.74, 6) is 0.651. The molecule has 7 heteroatoms. The van der Waals surface area contributed by atoms with Gasteiger partial charge in [0.2, 0.25) is 5.82 Å². The van der Waals surface area contributed by atoms with E-state index in [0.717, 1.165) is 42.2 Å². The minimum Gasteiger partial charge on any atom is -0.298 e. The summed E-state index contributed by atoms with van der Waals surface area (Å²) in [6.07, 6.45) is 5.79. The van der Waals surface area contributed by atoms with Crippen molar-refractivity contribution >= 4 is 27.2 Å². The Balaban J connectivity index is 1.67. The molecule has 0 saturated heterocycles. The van der Waals surface area contributed by atoms with Crippen molar-refractivity contribution < 1.29 is 0 Å². The van der Waals surface area contributed by atoms with Crippen LogP contribution in [0, 0.1) is 0 Å². The molecule has 5 heterocycles. The topological polar surface area (TPSA) is 59.2 Å². The average molecular weight is 350 g/mol. The first-order valence-corrected chi connectivity index (χ1v) is 9.44. The molecule has 0 radical (unpaired) electrons. The first-order valence-electron chi connectivity index (χ1n) is 8.63.